The summed E-state index contributed by atoms with van der Waals surface area (Å²) in [5.74, 6) is 0.224. The van der Waals surface area contributed by atoms with Crippen LogP contribution in [0.25, 0.3) is 11.5 Å². The van der Waals surface area contributed by atoms with Crippen LogP contribution in [0, 0.1) is 0 Å². The number of rotatable bonds is 5. The molecular formula is C20H17F3N6O2. The van der Waals surface area contributed by atoms with Crippen LogP contribution in [-0.4, -0.2) is 32.4 Å². The van der Waals surface area contributed by atoms with Crippen LogP contribution in [0.4, 0.5) is 24.7 Å². The maximum atomic E-state index is 12.8. The van der Waals surface area contributed by atoms with Crippen molar-refractivity contribution >= 4 is 17.4 Å². The maximum absolute atomic E-state index is 12.8. The summed E-state index contributed by atoms with van der Waals surface area (Å²) >= 11 is 0. The highest BCUT2D eigenvalue weighted by molar-refractivity contribution is 5.91. The van der Waals surface area contributed by atoms with Gasteiger partial charge < -0.3 is 15.1 Å². The number of aryl methyl sites for hydroxylation is 1. The van der Waals surface area contributed by atoms with E-state index in [1.54, 1.807) is 13.2 Å². The van der Waals surface area contributed by atoms with Crippen LogP contribution in [-0.2, 0) is 23.4 Å². The summed E-state index contributed by atoms with van der Waals surface area (Å²) in [4.78, 5) is 12.4. The van der Waals surface area contributed by atoms with Gasteiger partial charge in [0.05, 0.1) is 5.56 Å². The Bertz CT molecular complexity index is 1170. The molecule has 1 aliphatic heterocycles. The van der Waals surface area contributed by atoms with Crippen LogP contribution in [0.5, 0.6) is 0 Å². The number of alkyl halides is 3. The lowest BCUT2D eigenvalue weighted by Crippen LogP contribution is -2.33. The van der Waals surface area contributed by atoms with E-state index in [0.29, 0.717) is 30.0 Å². The molecule has 160 valence electrons. The lowest BCUT2D eigenvalue weighted by Gasteiger charge is -2.15. The quantitative estimate of drug-likeness (QED) is 0.603. The summed E-state index contributed by atoms with van der Waals surface area (Å²) < 4.78 is 45.6. The second-order valence-electron chi connectivity index (χ2n) is 7.00. The second-order valence-corrected chi connectivity index (χ2v) is 7.00. The Morgan fingerprint density at radius 1 is 1.32 bits per heavy atom. The minimum atomic E-state index is -4.42. The van der Waals surface area contributed by atoms with E-state index < -0.39 is 17.2 Å². The van der Waals surface area contributed by atoms with E-state index in [9.17, 15) is 18.0 Å². The smallest absolute Gasteiger partial charge is 0.416 e. The van der Waals surface area contributed by atoms with Gasteiger partial charge in [-0.1, -0.05) is 6.58 Å². The fraction of sp³-hybridized carbons (Fsp3) is 0.250. The van der Waals surface area contributed by atoms with Crippen LogP contribution in [0.3, 0.4) is 0 Å². The molecule has 3 heterocycles. The van der Waals surface area contributed by atoms with Crippen molar-refractivity contribution in [3.8, 4) is 11.5 Å². The Kier molecular flexibility index (Phi) is 4.90. The highest BCUT2D eigenvalue weighted by atomic mass is 19.4. The molecule has 0 aliphatic carbocycles. The SMILES string of the molecule is C=C=C[C@]1(c2nnc(-c3cn(C)nc3Nc3ccc(C(F)(F)F)cc3)o2)CCNC1=O. The topological polar surface area (TPSA) is 97.9 Å². The molecule has 1 amide bonds. The third-order valence-electron chi connectivity index (χ3n) is 4.90. The number of hydrogen-bond donors (Lipinski definition) is 2. The Morgan fingerprint density at radius 2 is 2.06 bits per heavy atom. The number of amides is 1. The Morgan fingerprint density at radius 3 is 2.68 bits per heavy atom. The normalized spacial score (nSPS) is 18.5. The third kappa shape index (κ3) is 3.71. The number of halogens is 3. The van der Waals surface area contributed by atoms with E-state index in [-0.39, 0.29) is 17.7 Å². The van der Waals surface area contributed by atoms with Gasteiger partial charge in [0.25, 0.3) is 5.89 Å². The van der Waals surface area contributed by atoms with Crippen LogP contribution in [0.2, 0.25) is 0 Å². The summed E-state index contributed by atoms with van der Waals surface area (Å²) in [6.45, 7) is 3.98. The number of carbonyl (C=O) groups is 1. The van der Waals surface area contributed by atoms with Gasteiger partial charge in [-0.05, 0) is 36.8 Å². The first-order valence-corrected chi connectivity index (χ1v) is 9.20. The molecule has 0 bridgehead atoms. The molecule has 0 saturated carbocycles. The molecule has 2 N–H and O–H groups in total. The number of aromatic nitrogens is 4. The molecule has 11 heteroatoms. The number of hydrogen-bond acceptors (Lipinski definition) is 6. The zero-order valence-electron chi connectivity index (χ0n) is 16.3. The van der Waals surface area contributed by atoms with E-state index in [1.165, 1.54) is 22.9 Å². The lowest BCUT2D eigenvalue weighted by molar-refractivity contribution is -0.137. The third-order valence-corrected chi connectivity index (χ3v) is 4.90. The standard InChI is InChI=1S/C20H17F3N6O2/c1-3-8-19(9-10-24-17(19)30)18-27-26-16(31-18)14-11-29(2)28-15(14)25-13-6-4-12(5-7-13)20(21,22)23/h4-8,11H,1,9-10H2,2H3,(H,24,30)(H,25,28)/t19-/m0/s1. The summed E-state index contributed by atoms with van der Waals surface area (Å²) in [6.07, 6.45) is -0.886. The minimum absolute atomic E-state index is 0.0954. The van der Waals surface area contributed by atoms with Gasteiger partial charge in [-0.3, -0.25) is 9.48 Å². The molecule has 1 atom stereocenters. The Hall–Kier alpha value is -3.85. The van der Waals surface area contributed by atoms with Gasteiger partial charge in [0, 0.05) is 25.5 Å². The van der Waals surface area contributed by atoms with Crippen molar-refractivity contribution in [3.63, 3.8) is 0 Å². The van der Waals surface area contributed by atoms with E-state index in [2.05, 4.69) is 38.2 Å². The number of carbonyl (C=O) groups excluding carboxylic acids is 1. The summed E-state index contributed by atoms with van der Waals surface area (Å²) in [6, 6.07) is 4.54. The predicted octanol–water partition coefficient (Wildman–Crippen LogP) is 3.33. The van der Waals surface area contributed by atoms with Gasteiger partial charge >= 0.3 is 6.18 Å². The van der Waals surface area contributed by atoms with Gasteiger partial charge in [-0.2, -0.15) is 18.3 Å². The van der Waals surface area contributed by atoms with Crippen LogP contribution in [0.1, 0.15) is 17.9 Å². The first kappa shape index (κ1) is 20.4. The number of nitrogens with one attached hydrogen (secondary N) is 2. The van der Waals surface area contributed by atoms with E-state index >= 15 is 0 Å². The molecule has 0 radical (unpaired) electrons. The van der Waals surface area contributed by atoms with Crippen LogP contribution < -0.4 is 10.6 Å². The molecule has 8 nitrogen and oxygen atoms in total. The van der Waals surface area contributed by atoms with Crippen molar-refractivity contribution < 1.29 is 22.4 Å². The monoisotopic (exact) mass is 430 g/mol. The zero-order chi connectivity index (χ0) is 22.2. The highest BCUT2D eigenvalue weighted by Crippen LogP contribution is 2.36. The van der Waals surface area contributed by atoms with Crippen molar-refractivity contribution in [2.75, 3.05) is 11.9 Å². The minimum Gasteiger partial charge on any atom is -0.419 e. The second kappa shape index (κ2) is 7.44. The van der Waals surface area contributed by atoms with Crippen LogP contribution in [0.15, 0.2) is 53.3 Å². The zero-order valence-corrected chi connectivity index (χ0v) is 16.3. The van der Waals surface area contributed by atoms with Gasteiger partial charge in [0.1, 0.15) is 5.56 Å². The average molecular weight is 430 g/mol. The number of benzene rings is 1. The average Bonchev–Trinajstić information content (AvgIpc) is 3.42. The van der Waals surface area contributed by atoms with E-state index in [4.69, 9.17) is 4.42 Å². The molecule has 1 aliphatic rings. The van der Waals surface area contributed by atoms with Crippen molar-refractivity contribution in [2.45, 2.75) is 18.0 Å². The molecule has 2 aromatic heterocycles. The van der Waals surface area contributed by atoms with E-state index in [1.807, 2.05) is 0 Å². The lowest BCUT2D eigenvalue weighted by atomic mass is 9.86. The van der Waals surface area contributed by atoms with Gasteiger partial charge in [0.2, 0.25) is 11.8 Å². The molecule has 0 unspecified atom stereocenters. The summed E-state index contributed by atoms with van der Waals surface area (Å²) in [7, 11) is 1.67. The largest absolute Gasteiger partial charge is 0.419 e. The molecule has 1 saturated heterocycles. The fourth-order valence-electron chi connectivity index (χ4n) is 3.35. The highest BCUT2D eigenvalue weighted by Gasteiger charge is 2.47. The molecule has 3 aromatic rings. The first-order valence-electron chi connectivity index (χ1n) is 9.20. The van der Waals surface area contributed by atoms with Gasteiger partial charge in [0.15, 0.2) is 11.2 Å². The fourth-order valence-corrected chi connectivity index (χ4v) is 3.35. The molecule has 1 fully saturated rings. The molecule has 31 heavy (non-hydrogen) atoms. The number of anilines is 2. The van der Waals surface area contributed by atoms with Crippen molar-refractivity contribution in [3.05, 3.63) is 60.3 Å². The molecule has 1 aromatic carbocycles. The summed E-state index contributed by atoms with van der Waals surface area (Å²) in [5, 5.41) is 18.1. The van der Waals surface area contributed by atoms with E-state index in [0.717, 1.165) is 12.1 Å². The maximum Gasteiger partial charge on any atom is 0.416 e. The first-order chi connectivity index (χ1) is 14.7. The molecule has 0 spiro atoms. The van der Waals surface area contributed by atoms with Gasteiger partial charge in [-0.15, -0.1) is 15.9 Å². The Labute approximate surface area is 174 Å². The van der Waals surface area contributed by atoms with Gasteiger partial charge in [-0.25, -0.2) is 0 Å². The van der Waals surface area contributed by atoms with Crippen molar-refractivity contribution in [1.29, 1.82) is 0 Å². The molecular weight excluding hydrogens is 413 g/mol. The van der Waals surface area contributed by atoms with Crippen molar-refractivity contribution in [1.82, 2.24) is 25.3 Å². The number of nitrogens with zero attached hydrogens (tertiary/aromatic N) is 4. The summed E-state index contributed by atoms with van der Waals surface area (Å²) in [5.41, 5.74) is 1.55. The molecule has 4 rings (SSSR count). The Balaban J connectivity index is 1.65. The van der Waals surface area contributed by atoms with Crippen LogP contribution >= 0.6 is 0 Å². The predicted molar refractivity (Wildman–Crippen MR) is 104 cm³/mol. The van der Waals surface area contributed by atoms with Crippen molar-refractivity contribution in [2.24, 2.45) is 7.05 Å².